The molecule has 5 nitrogen and oxygen atoms in total. The van der Waals surface area contributed by atoms with E-state index in [2.05, 4.69) is 76.3 Å². The fourth-order valence-electron chi connectivity index (χ4n) is 7.95. The van der Waals surface area contributed by atoms with E-state index >= 15 is 0 Å². The molecule has 2 unspecified atom stereocenters. The van der Waals surface area contributed by atoms with E-state index in [9.17, 15) is 4.79 Å². The van der Waals surface area contributed by atoms with Gasteiger partial charge in [-0.2, -0.15) is 0 Å². The summed E-state index contributed by atoms with van der Waals surface area (Å²) in [6.45, 7) is 11.0. The molecule has 2 aliphatic carbocycles. The number of para-hydroxylation sites is 2. The molecule has 1 aromatic heterocycles. The van der Waals surface area contributed by atoms with Crippen LogP contribution in [-0.4, -0.2) is 46.0 Å². The third-order valence-electron chi connectivity index (χ3n) is 9.92. The van der Waals surface area contributed by atoms with E-state index < -0.39 is 0 Å². The number of benzene rings is 2. The summed E-state index contributed by atoms with van der Waals surface area (Å²) >= 11 is 0. The smallest absolute Gasteiger partial charge is 0.227 e. The van der Waals surface area contributed by atoms with Crippen LogP contribution >= 0.6 is 0 Å². The summed E-state index contributed by atoms with van der Waals surface area (Å²) < 4.78 is 2.53. The highest BCUT2D eigenvalue weighted by atomic mass is 16.2. The van der Waals surface area contributed by atoms with E-state index in [1.54, 1.807) is 0 Å². The summed E-state index contributed by atoms with van der Waals surface area (Å²) in [5.74, 6) is 2.87. The number of carbonyl (C=O) groups is 1. The molecular weight excluding hydrogens is 468 g/mol. The Morgan fingerprint density at radius 3 is 2.26 bits per heavy atom. The third kappa shape index (κ3) is 4.57. The molecule has 38 heavy (non-hydrogen) atoms. The van der Waals surface area contributed by atoms with Crippen LogP contribution in [0.15, 0.2) is 54.6 Å². The molecule has 3 aliphatic rings. The van der Waals surface area contributed by atoms with E-state index in [1.165, 1.54) is 36.8 Å². The monoisotopic (exact) mass is 512 g/mol. The number of carbonyl (C=O) groups excluding carboxylic acids is 1. The van der Waals surface area contributed by atoms with Gasteiger partial charge in [-0.3, -0.25) is 4.79 Å². The van der Waals surface area contributed by atoms with Gasteiger partial charge < -0.3 is 14.8 Å². The van der Waals surface area contributed by atoms with Gasteiger partial charge in [0, 0.05) is 42.5 Å². The van der Waals surface area contributed by atoms with Crippen molar-refractivity contribution in [3.63, 3.8) is 0 Å². The zero-order valence-corrected chi connectivity index (χ0v) is 23.6. The van der Waals surface area contributed by atoms with Gasteiger partial charge in [-0.25, -0.2) is 4.98 Å². The molecule has 1 N–H and O–H groups in total. The maximum absolute atomic E-state index is 13.0. The number of amides is 1. The van der Waals surface area contributed by atoms with Crippen molar-refractivity contribution in [2.45, 2.75) is 83.7 Å². The molecule has 4 atom stereocenters. The maximum atomic E-state index is 13.0. The lowest BCUT2D eigenvalue weighted by Crippen LogP contribution is -2.54. The average molecular weight is 513 g/mol. The lowest BCUT2D eigenvalue weighted by Gasteiger charge is -2.46. The van der Waals surface area contributed by atoms with Crippen molar-refractivity contribution in [2.24, 2.45) is 17.3 Å². The maximum Gasteiger partial charge on any atom is 0.227 e. The van der Waals surface area contributed by atoms with Gasteiger partial charge in [0.05, 0.1) is 11.0 Å². The molecule has 3 aromatic rings. The quantitative estimate of drug-likeness (QED) is 0.438. The zero-order valence-electron chi connectivity index (χ0n) is 23.6. The standard InChI is InChI=1S/C33H44N4O/c1-23-35-28-12-8-9-13-29(28)37(23)27-20-24-14-15-25(21-27)30(24)34-22-33(26-10-6-5-7-11-26)16-18-36(19-17-33)31(38)32(2,3)4/h5-13,24-25,27,30,34H,14-22H2,1-4H3/t24-,25+,27?,30?. The van der Waals surface area contributed by atoms with E-state index in [1.807, 2.05) is 20.8 Å². The number of fused-ring (bicyclic) bond motifs is 3. The van der Waals surface area contributed by atoms with Crippen molar-refractivity contribution in [3.05, 3.63) is 66.0 Å². The number of hydrogen-bond donors (Lipinski definition) is 1. The SMILES string of the molecule is Cc1nc2ccccc2n1C1C[C@H]2CC[C@@H](C1)C2NCC1(c2ccccc2)CCN(C(=O)C(C)(C)C)CC1. The van der Waals surface area contributed by atoms with Crippen molar-refractivity contribution in [1.29, 1.82) is 0 Å². The van der Waals surface area contributed by atoms with Crippen LogP contribution in [0.3, 0.4) is 0 Å². The van der Waals surface area contributed by atoms with Crippen molar-refractivity contribution < 1.29 is 4.79 Å². The number of imidazole rings is 1. The Hall–Kier alpha value is -2.66. The van der Waals surface area contributed by atoms with Crippen molar-refractivity contribution in [2.75, 3.05) is 19.6 Å². The second kappa shape index (κ2) is 9.82. The summed E-state index contributed by atoms with van der Waals surface area (Å²) in [6, 6.07) is 20.8. The van der Waals surface area contributed by atoms with Gasteiger partial charge in [0.25, 0.3) is 0 Å². The van der Waals surface area contributed by atoms with Crippen molar-refractivity contribution >= 4 is 16.9 Å². The molecule has 1 amide bonds. The molecule has 6 rings (SSSR count). The van der Waals surface area contributed by atoms with Gasteiger partial charge >= 0.3 is 0 Å². The van der Waals surface area contributed by atoms with E-state index in [-0.39, 0.29) is 16.7 Å². The summed E-state index contributed by atoms with van der Waals surface area (Å²) in [7, 11) is 0. The summed E-state index contributed by atoms with van der Waals surface area (Å²) in [4.78, 5) is 20.0. The Balaban J connectivity index is 1.17. The molecule has 0 spiro atoms. The van der Waals surface area contributed by atoms with E-state index in [0.29, 0.717) is 12.1 Å². The van der Waals surface area contributed by atoms with Gasteiger partial charge in [0.2, 0.25) is 5.91 Å². The van der Waals surface area contributed by atoms with Gasteiger partial charge in [-0.05, 0) is 75.0 Å². The first-order valence-electron chi connectivity index (χ1n) is 14.8. The zero-order chi connectivity index (χ0) is 26.5. The van der Waals surface area contributed by atoms with Gasteiger partial charge in [-0.15, -0.1) is 0 Å². The molecule has 1 aliphatic heterocycles. The molecule has 2 bridgehead atoms. The highest BCUT2D eigenvalue weighted by molar-refractivity contribution is 5.81. The second-order valence-electron chi connectivity index (χ2n) is 13.3. The number of likely N-dealkylation sites (tertiary alicyclic amines) is 1. The van der Waals surface area contributed by atoms with Crippen molar-refractivity contribution in [3.8, 4) is 0 Å². The largest absolute Gasteiger partial charge is 0.342 e. The second-order valence-corrected chi connectivity index (χ2v) is 13.3. The fourth-order valence-corrected chi connectivity index (χ4v) is 7.95. The molecule has 2 saturated carbocycles. The number of hydrogen-bond acceptors (Lipinski definition) is 3. The van der Waals surface area contributed by atoms with E-state index in [4.69, 9.17) is 4.98 Å². The van der Waals surface area contributed by atoms with E-state index in [0.717, 1.165) is 55.7 Å². The normalized spacial score (nSPS) is 27.1. The predicted molar refractivity (Wildman–Crippen MR) is 154 cm³/mol. The lowest BCUT2D eigenvalue weighted by atomic mass is 9.71. The minimum Gasteiger partial charge on any atom is -0.342 e. The number of aryl methyl sites for hydroxylation is 1. The van der Waals surface area contributed by atoms with Crippen LogP contribution in [0.1, 0.15) is 76.7 Å². The molecule has 5 heteroatoms. The Morgan fingerprint density at radius 2 is 1.61 bits per heavy atom. The number of nitrogens with one attached hydrogen (secondary N) is 1. The Labute approximate surface area is 228 Å². The Bertz CT molecular complexity index is 1270. The molecule has 0 radical (unpaired) electrons. The predicted octanol–water partition coefficient (Wildman–Crippen LogP) is 6.27. The first-order valence-corrected chi connectivity index (χ1v) is 14.8. The number of piperidine rings is 1. The van der Waals surface area contributed by atoms with Crippen LogP contribution in [0.25, 0.3) is 11.0 Å². The number of rotatable bonds is 5. The molecule has 2 aromatic carbocycles. The minimum atomic E-state index is -0.318. The van der Waals surface area contributed by atoms with Crippen molar-refractivity contribution in [1.82, 2.24) is 19.8 Å². The van der Waals surface area contributed by atoms with Crippen LogP contribution in [0.2, 0.25) is 0 Å². The summed E-state index contributed by atoms with van der Waals surface area (Å²) in [5, 5.41) is 4.16. The first kappa shape index (κ1) is 25.6. The molecule has 3 fully saturated rings. The molecule has 202 valence electrons. The number of aromatic nitrogens is 2. The molecule has 2 heterocycles. The number of nitrogens with zero attached hydrogens (tertiary/aromatic N) is 3. The molecular formula is C33H44N4O. The Kier molecular flexibility index (Phi) is 6.62. The first-order chi connectivity index (χ1) is 18.2. The highest BCUT2D eigenvalue weighted by Gasteiger charge is 2.46. The van der Waals surface area contributed by atoms with Gasteiger partial charge in [0.15, 0.2) is 0 Å². The van der Waals surface area contributed by atoms with Crippen LogP contribution < -0.4 is 5.32 Å². The van der Waals surface area contributed by atoms with Crippen LogP contribution in [-0.2, 0) is 10.2 Å². The average Bonchev–Trinajstić information content (AvgIpc) is 3.38. The van der Waals surface area contributed by atoms with Crippen LogP contribution in [0, 0.1) is 24.2 Å². The summed E-state index contributed by atoms with van der Waals surface area (Å²) in [6.07, 6.45) is 7.18. The van der Waals surface area contributed by atoms with Crippen LogP contribution in [0.5, 0.6) is 0 Å². The fraction of sp³-hybridized carbons (Fsp3) is 0.576. The lowest BCUT2D eigenvalue weighted by molar-refractivity contribution is -0.141. The molecule has 1 saturated heterocycles. The van der Waals surface area contributed by atoms with Gasteiger partial charge in [0.1, 0.15) is 5.82 Å². The highest BCUT2D eigenvalue weighted by Crippen LogP contribution is 2.48. The minimum absolute atomic E-state index is 0.0867. The topological polar surface area (TPSA) is 50.2 Å². The van der Waals surface area contributed by atoms with Gasteiger partial charge in [-0.1, -0.05) is 63.2 Å². The third-order valence-corrected chi connectivity index (χ3v) is 9.92. The summed E-state index contributed by atoms with van der Waals surface area (Å²) in [5.41, 5.74) is 3.61. The Morgan fingerprint density at radius 1 is 0.974 bits per heavy atom. The van der Waals surface area contributed by atoms with Crippen LogP contribution in [0.4, 0.5) is 0 Å².